The summed E-state index contributed by atoms with van der Waals surface area (Å²) in [7, 11) is 0. The number of benzene rings is 2. The van der Waals surface area contributed by atoms with Crippen LogP contribution < -0.4 is 16.0 Å². The van der Waals surface area contributed by atoms with Gasteiger partial charge in [-0.05, 0) is 67.4 Å². The molecule has 0 spiro atoms. The van der Waals surface area contributed by atoms with Gasteiger partial charge in [-0.25, -0.2) is 0 Å². The number of nitrogens with one attached hydrogen (secondary N) is 3. The fourth-order valence-electron chi connectivity index (χ4n) is 2.79. The highest BCUT2D eigenvalue weighted by Crippen LogP contribution is 2.19. The molecule has 0 radical (unpaired) electrons. The molecule has 2 amide bonds. The molecule has 0 aliphatic carbocycles. The lowest BCUT2D eigenvalue weighted by Gasteiger charge is -2.09. The topological polar surface area (TPSA) is 96.0 Å². The number of carbonyl (C=O) groups is 2. The fraction of sp³-hybridized carbons (Fsp3) is 0.143. The van der Waals surface area contributed by atoms with Crippen LogP contribution in [0.1, 0.15) is 28.5 Å². The van der Waals surface area contributed by atoms with Crippen molar-refractivity contribution in [3.05, 3.63) is 71.4 Å². The van der Waals surface area contributed by atoms with Crippen molar-refractivity contribution in [3.8, 4) is 0 Å². The first-order valence-corrected chi connectivity index (χ1v) is 8.77. The van der Waals surface area contributed by atoms with Gasteiger partial charge in [0.15, 0.2) is 11.5 Å². The Morgan fingerprint density at radius 2 is 1.50 bits per heavy atom. The largest absolute Gasteiger partial charge is 0.339 e. The number of anilines is 4. The third-order valence-corrected chi connectivity index (χ3v) is 3.83. The standard InChI is InChI=1S/C21H21N5O2/c1-13-9-14(2)11-18(10-13)24-21(28)19-7-8-20(26-25-19)23-17-6-4-5-16(12-17)22-15(3)27/h4-12H,1-3H3,(H,22,27)(H,23,26)(H,24,28). The second-order valence-corrected chi connectivity index (χ2v) is 6.52. The molecule has 28 heavy (non-hydrogen) atoms. The summed E-state index contributed by atoms with van der Waals surface area (Å²) in [4.78, 5) is 23.5. The van der Waals surface area contributed by atoms with Gasteiger partial charge in [-0.3, -0.25) is 9.59 Å². The minimum Gasteiger partial charge on any atom is -0.339 e. The molecule has 0 bridgehead atoms. The summed E-state index contributed by atoms with van der Waals surface area (Å²) in [6.45, 7) is 5.40. The normalized spacial score (nSPS) is 10.2. The van der Waals surface area contributed by atoms with Crippen LogP contribution in [-0.4, -0.2) is 22.0 Å². The van der Waals surface area contributed by atoms with Crippen LogP contribution in [0.3, 0.4) is 0 Å². The Bertz CT molecular complexity index is 995. The van der Waals surface area contributed by atoms with Gasteiger partial charge in [-0.1, -0.05) is 12.1 Å². The third-order valence-electron chi connectivity index (χ3n) is 3.83. The molecular weight excluding hydrogens is 354 g/mol. The molecule has 1 aromatic heterocycles. The van der Waals surface area contributed by atoms with Gasteiger partial charge in [0.2, 0.25) is 5.91 Å². The van der Waals surface area contributed by atoms with Crippen molar-refractivity contribution in [2.45, 2.75) is 20.8 Å². The van der Waals surface area contributed by atoms with Crippen molar-refractivity contribution in [1.82, 2.24) is 10.2 Å². The van der Waals surface area contributed by atoms with E-state index in [0.717, 1.165) is 22.5 Å². The molecule has 3 aromatic rings. The summed E-state index contributed by atoms with van der Waals surface area (Å²) in [6.07, 6.45) is 0. The van der Waals surface area contributed by atoms with Crippen LogP contribution in [0.4, 0.5) is 22.9 Å². The molecule has 7 heteroatoms. The van der Waals surface area contributed by atoms with E-state index < -0.39 is 0 Å². The first-order valence-electron chi connectivity index (χ1n) is 8.77. The Kier molecular flexibility index (Phi) is 5.64. The molecule has 0 unspecified atom stereocenters. The second kappa shape index (κ2) is 8.30. The van der Waals surface area contributed by atoms with E-state index in [9.17, 15) is 9.59 Å². The van der Waals surface area contributed by atoms with Crippen LogP contribution in [0.2, 0.25) is 0 Å². The summed E-state index contributed by atoms with van der Waals surface area (Å²) in [5.41, 5.74) is 4.51. The summed E-state index contributed by atoms with van der Waals surface area (Å²) in [6, 6.07) is 16.3. The van der Waals surface area contributed by atoms with Crippen LogP contribution >= 0.6 is 0 Å². The van der Waals surface area contributed by atoms with Crippen LogP contribution in [0.5, 0.6) is 0 Å². The minimum atomic E-state index is -0.322. The Hall–Kier alpha value is -3.74. The van der Waals surface area contributed by atoms with Gasteiger partial charge < -0.3 is 16.0 Å². The molecule has 7 nitrogen and oxygen atoms in total. The zero-order chi connectivity index (χ0) is 20.1. The first kappa shape index (κ1) is 19.0. The Balaban J connectivity index is 1.67. The second-order valence-electron chi connectivity index (χ2n) is 6.52. The van der Waals surface area contributed by atoms with E-state index in [1.807, 2.05) is 44.2 Å². The quantitative estimate of drug-likeness (QED) is 0.625. The number of hydrogen-bond acceptors (Lipinski definition) is 5. The van der Waals surface area contributed by atoms with E-state index in [2.05, 4.69) is 26.1 Å². The number of aromatic nitrogens is 2. The number of rotatable bonds is 5. The molecule has 0 saturated carbocycles. The molecule has 0 atom stereocenters. The molecule has 0 fully saturated rings. The maximum Gasteiger partial charge on any atom is 0.276 e. The van der Waals surface area contributed by atoms with Gasteiger partial charge in [0.25, 0.3) is 5.91 Å². The molecule has 142 valence electrons. The van der Waals surface area contributed by atoms with Crippen LogP contribution in [0.25, 0.3) is 0 Å². The highest BCUT2D eigenvalue weighted by Gasteiger charge is 2.09. The SMILES string of the molecule is CC(=O)Nc1cccc(Nc2ccc(C(=O)Nc3cc(C)cc(C)c3)nn2)c1. The number of aryl methyl sites for hydroxylation is 2. The molecule has 0 aliphatic rings. The van der Waals surface area contributed by atoms with Crippen LogP contribution in [0.15, 0.2) is 54.6 Å². The predicted molar refractivity (Wildman–Crippen MR) is 110 cm³/mol. The number of hydrogen-bond donors (Lipinski definition) is 3. The zero-order valence-electron chi connectivity index (χ0n) is 15.9. The van der Waals surface area contributed by atoms with Crippen molar-refractivity contribution in [1.29, 1.82) is 0 Å². The van der Waals surface area contributed by atoms with Gasteiger partial charge in [-0.15, -0.1) is 10.2 Å². The zero-order valence-corrected chi connectivity index (χ0v) is 15.9. The highest BCUT2D eigenvalue weighted by molar-refractivity contribution is 6.02. The van der Waals surface area contributed by atoms with E-state index >= 15 is 0 Å². The molecule has 3 rings (SSSR count). The average Bonchev–Trinajstić information content (AvgIpc) is 2.61. The molecule has 3 N–H and O–H groups in total. The molecular formula is C21H21N5O2. The first-order chi connectivity index (χ1) is 13.4. The average molecular weight is 375 g/mol. The molecule has 0 saturated heterocycles. The Morgan fingerprint density at radius 1 is 0.786 bits per heavy atom. The maximum atomic E-state index is 12.4. The lowest BCUT2D eigenvalue weighted by Crippen LogP contribution is -2.14. The summed E-state index contributed by atoms with van der Waals surface area (Å²) in [5.74, 6) is 0.0238. The number of carbonyl (C=O) groups excluding carboxylic acids is 2. The van der Waals surface area contributed by atoms with E-state index in [4.69, 9.17) is 0 Å². The minimum absolute atomic E-state index is 0.142. The monoisotopic (exact) mass is 375 g/mol. The Labute approximate surface area is 163 Å². The third kappa shape index (κ3) is 5.14. The lowest BCUT2D eigenvalue weighted by atomic mass is 10.1. The van der Waals surface area contributed by atoms with Gasteiger partial charge in [0.05, 0.1) is 0 Å². The summed E-state index contributed by atoms with van der Waals surface area (Å²) in [5, 5.41) is 16.7. The van der Waals surface area contributed by atoms with Crippen molar-refractivity contribution >= 4 is 34.7 Å². The van der Waals surface area contributed by atoms with Gasteiger partial charge >= 0.3 is 0 Å². The van der Waals surface area contributed by atoms with E-state index in [-0.39, 0.29) is 17.5 Å². The smallest absolute Gasteiger partial charge is 0.276 e. The van der Waals surface area contributed by atoms with Crippen molar-refractivity contribution < 1.29 is 9.59 Å². The summed E-state index contributed by atoms with van der Waals surface area (Å²) < 4.78 is 0. The van der Waals surface area contributed by atoms with Gasteiger partial charge in [0, 0.05) is 24.0 Å². The summed E-state index contributed by atoms with van der Waals surface area (Å²) >= 11 is 0. The van der Waals surface area contributed by atoms with Crippen molar-refractivity contribution in [2.24, 2.45) is 0 Å². The van der Waals surface area contributed by atoms with E-state index in [1.165, 1.54) is 6.92 Å². The van der Waals surface area contributed by atoms with Gasteiger partial charge in [0.1, 0.15) is 0 Å². The fourth-order valence-corrected chi connectivity index (χ4v) is 2.79. The number of nitrogens with zero attached hydrogens (tertiary/aromatic N) is 2. The Morgan fingerprint density at radius 3 is 2.14 bits per heavy atom. The predicted octanol–water partition coefficient (Wildman–Crippen LogP) is 4.05. The van der Waals surface area contributed by atoms with Crippen LogP contribution in [0, 0.1) is 13.8 Å². The maximum absolute atomic E-state index is 12.4. The molecule has 1 heterocycles. The number of amides is 2. The molecule has 2 aromatic carbocycles. The van der Waals surface area contributed by atoms with Gasteiger partial charge in [-0.2, -0.15) is 0 Å². The van der Waals surface area contributed by atoms with E-state index in [1.54, 1.807) is 24.3 Å². The lowest BCUT2D eigenvalue weighted by molar-refractivity contribution is -0.114. The van der Waals surface area contributed by atoms with Crippen LogP contribution in [-0.2, 0) is 4.79 Å². The highest BCUT2D eigenvalue weighted by atomic mass is 16.2. The van der Waals surface area contributed by atoms with Crippen molar-refractivity contribution in [2.75, 3.05) is 16.0 Å². The molecule has 0 aliphatic heterocycles. The van der Waals surface area contributed by atoms with Crippen molar-refractivity contribution in [3.63, 3.8) is 0 Å². The van der Waals surface area contributed by atoms with E-state index in [0.29, 0.717) is 11.5 Å².